The van der Waals surface area contributed by atoms with Crippen molar-refractivity contribution in [3.05, 3.63) is 209 Å². The second-order valence-electron chi connectivity index (χ2n) is 17.3. The minimum atomic E-state index is -0.142. The van der Waals surface area contributed by atoms with Gasteiger partial charge in [-0.25, -0.2) is 0 Å². The highest BCUT2D eigenvalue weighted by Gasteiger charge is 2.38. The zero-order valence-corrected chi connectivity index (χ0v) is 37.2. The molecule has 5 aromatic carbocycles. The summed E-state index contributed by atoms with van der Waals surface area (Å²) in [6.45, 7) is 28.6. The lowest BCUT2D eigenvalue weighted by atomic mass is 9.80. The van der Waals surface area contributed by atoms with Crippen molar-refractivity contribution >= 4 is 27.5 Å². The number of fused-ring (bicyclic) bond motifs is 2. The first-order chi connectivity index (χ1) is 27.7. The van der Waals surface area contributed by atoms with E-state index < -0.39 is 0 Å². The highest BCUT2D eigenvalue weighted by atomic mass is 14.4. The van der Waals surface area contributed by atoms with Crippen LogP contribution in [0.2, 0.25) is 0 Å². The molecule has 0 saturated heterocycles. The van der Waals surface area contributed by atoms with Gasteiger partial charge in [-0.3, -0.25) is 0 Å². The Morgan fingerprint density at radius 2 is 1.29 bits per heavy atom. The SMILES string of the molecule is C=C/C=C1\C(=C\C(C)/C=C(\C=C/C)c2ccc(C(/C=C\C)=C/C)cc2)C(C)(C)c2cc(-c3ccc4ccccc4c3)ccc21.CCC(C)c1ccc(C(C)(C)C)cc1. The molecule has 0 amide bonds. The van der Waals surface area contributed by atoms with Crippen molar-refractivity contribution in [1.82, 2.24) is 0 Å². The molecular formula is C58H66. The van der Waals surface area contributed by atoms with Crippen molar-refractivity contribution < 1.29 is 0 Å². The summed E-state index contributed by atoms with van der Waals surface area (Å²) in [6, 6.07) is 40.3. The second-order valence-corrected chi connectivity index (χ2v) is 17.3. The lowest BCUT2D eigenvalue weighted by Crippen LogP contribution is -2.16. The largest absolute Gasteiger partial charge is 0.0990 e. The third-order valence-electron chi connectivity index (χ3n) is 11.7. The molecule has 0 spiro atoms. The van der Waals surface area contributed by atoms with Gasteiger partial charge in [0, 0.05) is 5.41 Å². The Morgan fingerprint density at radius 1 is 0.707 bits per heavy atom. The van der Waals surface area contributed by atoms with Crippen LogP contribution in [-0.4, -0.2) is 0 Å². The molecule has 0 heteroatoms. The van der Waals surface area contributed by atoms with Crippen LogP contribution < -0.4 is 0 Å². The average molecular weight is 763 g/mol. The third-order valence-corrected chi connectivity index (χ3v) is 11.7. The minimum absolute atomic E-state index is 0.142. The molecule has 2 atom stereocenters. The van der Waals surface area contributed by atoms with E-state index in [2.05, 4.69) is 241 Å². The molecule has 1 aliphatic carbocycles. The summed E-state index contributed by atoms with van der Waals surface area (Å²) in [6.07, 6.45) is 20.9. The van der Waals surface area contributed by atoms with Gasteiger partial charge in [-0.15, -0.1) is 0 Å². The summed E-state index contributed by atoms with van der Waals surface area (Å²) in [5.74, 6) is 0.913. The maximum absolute atomic E-state index is 4.07. The van der Waals surface area contributed by atoms with Gasteiger partial charge in [0.2, 0.25) is 0 Å². The maximum atomic E-state index is 4.07. The van der Waals surface area contributed by atoms with Gasteiger partial charge in [-0.05, 0) is 134 Å². The van der Waals surface area contributed by atoms with Gasteiger partial charge < -0.3 is 0 Å². The van der Waals surface area contributed by atoms with E-state index in [0.717, 1.165) is 0 Å². The van der Waals surface area contributed by atoms with Crippen LogP contribution in [0.4, 0.5) is 0 Å². The zero-order valence-electron chi connectivity index (χ0n) is 37.2. The van der Waals surface area contributed by atoms with E-state index in [1.54, 1.807) is 0 Å². The second kappa shape index (κ2) is 19.3. The topological polar surface area (TPSA) is 0 Å². The van der Waals surface area contributed by atoms with Gasteiger partial charge in [0.05, 0.1) is 0 Å². The van der Waals surface area contributed by atoms with Gasteiger partial charge in [-0.1, -0.05) is 214 Å². The number of hydrogen-bond donors (Lipinski definition) is 0. The molecule has 0 saturated carbocycles. The Labute approximate surface area is 351 Å². The number of hydrogen-bond acceptors (Lipinski definition) is 0. The lowest BCUT2D eigenvalue weighted by Gasteiger charge is -2.24. The summed E-state index contributed by atoms with van der Waals surface area (Å²) in [5.41, 5.74) is 15.7. The van der Waals surface area contributed by atoms with Crippen LogP contribution >= 0.6 is 0 Å². The highest BCUT2D eigenvalue weighted by molar-refractivity contribution is 5.93. The first-order valence-electron chi connectivity index (χ1n) is 21.3. The van der Waals surface area contributed by atoms with Gasteiger partial charge in [0.1, 0.15) is 0 Å². The van der Waals surface area contributed by atoms with Gasteiger partial charge in [0.15, 0.2) is 0 Å². The molecule has 0 aromatic heterocycles. The molecule has 298 valence electrons. The number of allylic oxidation sites excluding steroid dienone is 13. The van der Waals surface area contributed by atoms with Gasteiger partial charge >= 0.3 is 0 Å². The van der Waals surface area contributed by atoms with Crippen LogP contribution in [0.5, 0.6) is 0 Å². The molecule has 5 aromatic rings. The summed E-state index contributed by atoms with van der Waals surface area (Å²) in [4.78, 5) is 0. The van der Waals surface area contributed by atoms with Gasteiger partial charge in [-0.2, -0.15) is 0 Å². The standard InChI is InChI=1S/C44H44.C14H22/c1-8-14-32(11-4)34-19-21-35(22-20-34)36(15-9-2)27-31(5)28-42-40(16-10-3)41-26-25-39(30-43(41)44(42,6)7)38-24-23-33-17-12-13-18-37(33)29-38;1-6-11(2)12-7-9-13(10-8-12)14(3,4)5/h8-31H,3H2,1-2,4-7H3;7-11H,6H2,1-5H3/b14-8-,15-9-,32-11+,36-27+,40-16-,42-28-;. The molecule has 0 bridgehead atoms. The number of benzene rings is 5. The van der Waals surface area contributed by atoms with E-state index in [1.165, 1.54) is 84.0 Å². The van der Waals surface area contributed by atoms with Crippen LogP contribution in [-0.2, 0) is 10.8 Å². The fraction of sp³-hybridized carbons (Fsp3) is 0.276. The summed E-state index contributed by atoms with van der Waals surface area (Å²) >= 11 is 0. The smallest absolute Gasteiger partial charge is 0.0156 e. The average Bonchev–Trinajstić information content (AvgIpc) is 3.43. The van der Waals surface area contributed by atoms with Crippen LogP contribution in [0.25, 0.3) is 38.6 Å². The van der Waals surface area contributed by atoms with E-state index in [9.17, 15) is 0 Å². The number of rotatable bonds is 10. The molecule has 0 N–H and O–H groups in total. The molecule has 0 nitrogen and oxygen atoms in total. The van der Waals surface area contributed by atoms with E-state index in [-0.39, 0.29) is 16.7 Å². The minimum Gasteiger partial charge on any atom is -0.0990 e. The first kappa shape index (κ1) is 43.7. The Balaban J connectivity index is 0.000000387. The fourth-order valence-corrected chi connectivity index (χ4v) is 8.03. The molecule has 58 heavy (non-hydrogen) atoms. The van der Waals surface area contributed by atoms with Gasteiger partial charge in [0.25, 0.3) is 0 Å². The third kappa shape index (κ3) is 10.2. The van der Waals surface area contributed by atoms with Crippen LogP contribution in [0.3, 0.4) is 0 Å². The normalized spacial score (nSPS) is 16.8. The summed E-state index contributed by atoms with van der Waals surface area (Å²) in [7, 11) is 0. The highest BCUT2D eigenvalue weighted by Crippen LogP contribution is 2.51. The maximum Gasteiger partial charge on any atom is 0.0156 e. The molecule has 0 radical (unpaired) electrons. The van der Waals surface area contributed by atoms with E-state index in [0.29, 0.717) is 5.92 Å². The summed E-state index contributed by atoms with van der Waals surface area (Å²) in [5, 5.41) is 2.54. The molecule has 0 fully saturated rings. The van der Waals surface area contributed by atoms with Crippen molar-refractivity contribution in [2.24, 2.45) is 5.92 Å². The molecular weight excluding hydrogens is 697 g/mol. The Hall–Kier alpha value is -5.46. The monoisotopic (exact) mass is 763 g/mol. The molecule has 1 aliphatic rings. The summed E-state index contributed by atoms with van der Waals surface area (Å²) < 4.78 is 0. The molecule has 0 heterocycles. The van der Waals surface area contributed by atoms with Crippen molar-refractivity contribution in [3.8, 4) is 11.1 Å². The fourth-order valence-electron chi connectivity index (χ4n) is 8.03. The van der Waals surface area contributed by atoms with Crippen molar-refractivity contribution in [3.63, 3.8) is 0 Å². The Kier molecular flexibility index (Phi) is 14.5. The quantitative estimate of drug-likeness (QED) is 0.124. The van der Waals surface area contributed by atoms with E-state index >= 15 is 0 Å². The molecule has 0 aliphatic heterocycles. The van der Waals surface area contributed by atoms with Crippen molar-refractivity contribution in [2.75, 3.05) is 0 Å². The molecule has 6 rings (SSSR count). The predicted molar refractivity (Wildman–Crippen MR) is 259 cm³/mol. The molecule has 2 unspecified atom stereocenters. The van der Waals surface area contributed by atoms with Crippen LogP contribution in [0, 0.1) is 5.92 Å². The van der Waals surface area contributed by atoms with Crippen LogP contribution in [0.1, 0.15) is 122 Å². The van der Waals surface area contributed by atoms with Crippen molar-refractivity contribution in [1.29, 1.82) is 0 Å². The van der Waals surface area contributed by atoms with E-state index in [4.69, 9.17) is 0 Å². The van der Waals surface area contributed by atoms with E-state index in [1.807, 2.05) is 6.08 Å². The predicted octanol–water partition coefficient (Wildman–Crippen LogP) is 17.1. The van der Waals surface area contributed by atoms with Crippen LogP contribution in [0.15, 0.2) is 176 Å². The zero-order chi connectivity index (χ0) is 42.0. The Bertz CT molecular complexity index is 2370. The first-order valence-corrected chi connectivity index (χ1v) is 21.3. The van der Waals surface area contributed by atoms with Crippen molar-refractivity contribution in [2.45, 2.75) is 99.3 Å². The Morgan fingerprint density at radius 3 is 1.88 bits per heavy atom. The lowest BCUT2D eigenvalue weighted by molar-refractivity contribution is 0.589.